The van der Waals surface area contributed by atoms with Gasteiger partial charge in [-0.3, -0.25) is 0 Å². The van der Waals surface area contributed by atoms with Crippen LogP contribution in [-0.4, -0.2) is 13.2 Å². The Bertz CT molecular complexity index is 546. The summed E-state index contributed by atoms with van der Waals surface area (Å²) in [4.78, 5) is 0. The first kappa shape index (κ1) is 11.7. The second-order valence-electron chi connectivity index (χ2n) is 3.91. The standard InChI is InChI=1S/C16H16O/c1-2-3-11-17-12-10-14-8-9-15-6-4-5-7-16(15)13-14/h4-9,13H,10-12H2,1H3. The molecule has 0 spiro atoms. The van der Waals surface area contributed by atoms with Gasteiger partial charge < -0.3 is 4.74 Å². The van der Waals surface area contributed by atoms with Crippen LogP contribution < -0.4 is 0 Å². The van der Waals surface area contributed by atoms with Crippen molar-refractivity contribution in [3.8, 4) is 11.8 Å². The van der Waals surface area contributed by atoms with E-state index in [9.17, 15) is 0 Å². The van der Waals surface area contributed by atoms with Gasteiger partial charge in [-0.25, -0.2) is 0 Å². The SMILES string of the molecule is CC#CCOCCc1ccc2ccccc2c1. The second kappa shape index (κ2) is 6.08. The lowest BCUT2D eigenvalue weighted by molar-refractivity contribution is 0.170. The zero-order valence-electron chi connectivity index (χ0n) is 10.1. The van der Waals surface area contributed by atoms with Gasteiger partial charge in [-0.2, -0.15) is 0 Å². The third-order valence-electron chi connectivity index (χ3n) is 2.70. The molecule has 0 fully saturated rings. The quantitative estimate of drug-likeness (QED) is 0.571. The molecule has 0 unspecified atom stereocenters. The fourth-order valence-electron chi connectivity index (χ4n) is 1.78. The first-order chi connectivity index (χ1) is 8.40. The van der Waals surface area contributed by atoms with Gasteiger partial charge in [-0.1, -0.05) is 48.4 Å². The van der Waals surface area contributed by atoms with Crippen LogP contribution in [0, 0.1) is 11.8 Å². The van der Waals surface area contributed by atoms with E-state index in [2.05, 4.69) is 54.3 Å². The van der Waals surface area contributed by atoms with Crippen molar-refractivity contribution in [1.82, 2.24) is 0 Å². The zero-order chi connectivity index (χ0) is 11.9. The van der Waals surface area contributed by atoms with Crippen LogP contribution in [0.5, 0.6) is 0 Å². The Morgan fingerprint density at radius 3 is 2.71 bits per heavy atom. The summed E-state index contributed by atoms with van der Waals surface area (Å²) in [5, 5.41) is 2.58. The lowest BCUT2D eigenvalue weighted by atomic mass is 10.1. The molecule has 0 atom stereocenters. The Balaban J connectivity index is 1.96. The van der Waals surface area contributed by atoms with Crippen molar-refractivity contribution in [2.45, 2.75) is 13.3 Å². The maximum absolute atomic E-state index is 5.42. The number of ether oxygens (including phenoxy) is 1. The highest BCUT2D eigenvalue weighted by Crippen LogP contribution is 2.15. The third-order valence-corrected chi connectivity index (χ3v) is 2.70. The Morgan fingerprint density at radius 2 is 1.88 bits per heavy atom. The van der Waals surface area contributed by atoms with Gasteiger partial charge in [-0.15, -0.1) is 5.92 Å². The molecule has 1 heteroatoms. The molecule has 0 heterocycles. The second-order valence-corrected chi connectivity index (χ2v) is 3.91. The Labute approximate surface area is 102 Å². The van der Waals surface area contributed by atoms with E-state index in [0.717, 1.165) is 13.0 Å². The van der Waals surface area contributed by atoms with E-state index in [0.29, 0.717) is 6.61 Å². The molecule has 2 rings (SSSR count). The molecule has 0 aliphatic carbocycles. The molecule has 0 saturated heterocycles. The van der Waals surface area contributed by atoms with Gasteiger partial charge in [0.2, 0.25) is 0 Å². The van der Waals surface area contributed by atoms with Gasteiger partial charge in [0.05, 0.1) is 6.61 Å². The fourth-order valence-corrected chi connectivity index (χ4v) is 1.78. The normalized spacial score (nSPS) is 9.94. The Hall–Kier alpha value is -1.78. The molecule has 0 aromatic heterocycles. The molecule has 0 bridgehead atoms. The highest BCUT2D eigenvalue weighted by molar-refractivity contribution is 5.82. The molecular weight excluding hydrogens is 208 g/mol. The number of hydrogen-bond acceptors (Lipinski definition) is 1. The van der Waals surface area contributed by atoms with Crippen LogP contribution in [0.15, 0.2) is 42.5 Å². The van der Waals surface area contributed by atoms with E-state index in [1.807, 2.05) is 6.92 Å². The van der Waals surface area contributed by atoms with Crippen LogP contribution in [0.25, 0.3) is 10.8 Å². The van der Waals surface area contributed by atoms with Crippen molar-refractivity contribution < 1.29 is 4.74 Å². The van der Waals surface area contributed by atoms with Gasteiger partial charge in [-0.05, 0) is 29.7 Å². The van der Waals surface area contributed by atoms with Crippen LogP contribution in [0.3, 0.4) is 0 Å². The van der Waals surface area contributed by atoms with E-state index in [1.165, 1.54) is 16.3 Å². The molecule has 17 heavy (non-hydrogen) atoms. The average Bonchev–Trinajstić information content (AvgIpc) is 2.38. The van der Waals surface area contributed by atoms with Crippen LogP contribution in [0.2, 0.25) is 0 Å². The molecule has 0 radical (unpaired) electrons. The maximum Gasteiger partial charge on any atom is 0.107 e. The summed E-state index contributed by atoms with van der Waals surface area (Å²) in [7, 11) is 0. The first-order valence-corrected chi connectivity index (χ1v) is 5.85. The number of rotatable bonds is 4. The van der Waals surface area contributed by atoms with Crippen LogP contribution in [-0.2, 0) is 11.2 Å². The molecule has 0 saturated carbocycles. The van der Waals surface area contributed by atoms with Crippen molar-refractivity contribution in [2.24, 2.45) is 0 Å². The predicted octanol–water partition coefficient (Wildman–Crippen LogP) is 3.42. The van der Waals surface area contributed by atoms with E-state index in [4.69, 9.17) is 4.74 Å². The maximum atomic E-state index is 5.42. The van der Waals surface area contributed by atoms with Crippen LogP contribution in [0.4, 0.5) is 0 Å². The fraction of sp³-hybridized carbons (Fsp3) is 0.250. The summed E-state index contributed by atoms with van der Waals surface area (Å²) in [6.45, 7) is 3.09. The average molecular weight is 224 g/mol. The van der Waals surface area contributed by atoms with Crippen molar-refractivity contribution in [3.05, 3.63) is 48.0 Å². The third kappa shape index (κ3) is 3.34. The Kier molecular flexibility index (Phi) is 4.18. The summed E-state index contributed by atoms with van der Waals surface area (Å²) in [6, 6.07) is 15.0. The van der Waals surface area contributed by atoms with Crippen LogP contribution in [0.1, 0.15) is 12.5 Å². The van der Waals surface area contributed by atoms with Crippen LogP contribution >= 0.6 is 0 Å². The molecule has 0 N–H and O–H groups in total. The first-order valence-electron chi connectivity index (χ1n) is 5.85. The van der Waals surface area contributed by atoms with Gasteiger partial charge >= 0.3 is 0 Å². The van der Waals surface area contributed by atoms with E-state index in [-0.39, 0.29) is 0 Å². The summed E-state index contributed by atoms with van der Waals surface area (Å²) < 4.78 is 5.42. The molecule has 2 aromatic rings. The zero-order valence-corrected chi connectivity index (χ0v) is 10.1. The number of benzene rings is 2. The topological polar surface area (TPSA) is 9.23 Å². The highest BCUT2D eigenvalue weighted by atomic mass is 16.5. The summed E-state index contributed by atoms with van der Waals surface area (Å²) in [5.41, 5.74) is 1.31. The van der Waals surface area contributed by atoms with Gasteiger partial charge in [0, 0.05) is 0 Å². The molecule has 0 amide bonds. The molecule has 2 aromatic carbocycles. The number of hydrogen-bond donors (Lipinski definition) is 0. The predicted molar refractivity (Wildman–Crippen MR) is 71.9 cm³/mol. The van der Waals surface area contributed by atoms with Gasteiger partial charge in [0.15, 0.2) is 0 Å². The summed E-state index contributed by atoms with van der Waals surface area (Å²) in [5.74, 6) is 5.71. The molecule has 1 nitrogen and oxygen atoms in total. The largest absolute Gasteiger partial charge is 0.368 e. The van der Waals surface area contributed by atoms with Crippen molar-refractivity contribution >= 4 is 10.8 Å². The van der Waals surface area contributed by atoms with Crippen molar-refractivity contribution in [2.75, 3.05) is 13.2 Å². The summed E-state index contributed by atoms with van der Waals surface area (Å²) >= 11 is 0. The smallest absolute Gasteiger partial charge is 0.107 e. The monoisotopic (exact) mass is 224 g/mol. The minimum absolute atomic E-state index is 0.532. The molecular formula is C16H16O. The summed E-state index contributed by atoms with van der Waals surface area (Å²) in [6.07, 6.45) is 0.941. The Morgan fingerprint density at radius 1 is 1.06 bits per heavy atom. The molecule has 86 valence electrons. The van der Waals surface area contributed by atoms with Crippen molar-refractivity contribution in [1.29, 1.82) is 0 Å². The van der Waals surface area contributed by atoms with E-state index in [1.54, 1.807) is 0 Å². The number of fused-ring (bicyclic) bond motifs is 1. The molecule has 0 aliphatic heterocycles. The van der Waals surface area contributed by atoms with E-state index >= 15 is 0 Å². The van der Waals surface area contributed by atoms with Crippen molar-refractivity contribution in [3.63, 3.8) is 0 Å². The van der Waals surface area contributed by atoms with Gasteiger partial charge in [0.25, 0.3) is 0 Å². The molecule has 0 aliphatic rings. The van der Waals surface area contributed by atoms with Gasteiger partial charge in [0.1, 0.15) is 6.61 Å². The van der Waals surface area contributed by atoms with E-state index < -0.39 is 0 Å². The minimum Gasteiger partial charge on any atom is -0.368 e. The highest BCUT2D eigenvalue weighted by Gasteiger charge is 1.96. The lowest BCUT2D eigenvalue weighted by Gasteiger charge is -2.03. The lowest BCUT2D eigenvalue weighted by Crippen LogP contribution is -1.98. The minimum atomic E-state index is 0.532.